The van der Waals surface area contributed by atoms with Crippen LogP contribution < -0.4 is 11.1 Å². The van der Waals surface area contributed by atoms with Gasteiger partial charge in [0.1, 0.15) is 0 Å². The Kier molecular flexibility index (Phi) is 5.89. The van der Waals surface area contributed by atoms with Gasteiger partial charge in [0, 0.05) is 13.0 Å². The maximum atomic E-state index is 11.4. The van der Waals surface area contributed by atoms with Crippen LogP contribution in [0.2, 0.25) is 0 Å². The fourth-order valence-electron chi connectivity index (χ4n) is 0.893. The Bertz CT molecular complexity index is 218. The van der Waals surface area contributed by atoms with E-state index in [-0.39, 0.29) is 5.91 Å². The third-order valence-corrected chi connectivity index (χ3v) is 2.25. The summed E-state index contributed by atoms with van der Waals surface area (Å²) in [6.07, 6.45) is 2.82. The minimum absolute atomic E-state index is 0.114. The second-order valence-corrected chi connectivity index (χ2v) is 3.64. The maximum Gasteiger partial charge on any atom is 0.239 e. The van der Waals surface area contributed by atoms with Crippen LogP contribution in [0.1, 0.15) is 39.5 Å². The summed E-state index contributed by atoms with van der Waals surface area (Å²) in [5.74, 6) is -0.114. The molecule has 0 radical (unpaired) electrons. The molecular formula is C10H19N3O. The lowest BCUT2D eigenvalue weighted by Gasteiger charge is -2.21. The highest BCUT2D eigenvalue weighted by atomic mass is 16.2. The molecule has 0 rings (SSSR count). The molecule has 0 aliphatic rings. The van der Waals surface area contributed by atoms with Gasteiger partial charge < -0.3 is 11.1 Å². The van der Waals surface area contributed by atoms with Gasteiger partial charge in [-0.15, -0.1) is 0 Å². The Labute approximate surface area is 85.5 Å². The molecule has 1 unspecified atom stereocenters. The SMILES string of the molecule is CCC(C)(N)C(=O)NCCCCC#N. The van der Waals surface area contributed by atoms with E-state index in [2.05, 4.69) is 11.4 Å². The van der Waals surface area contributed by atoms with Crippen molar-refractivity contribution in [3.05, 3.63) is 0 Å². The van der Waals surface area contributed by atoms with Crippen molar-refractivity contribution in [2.24, 2.45) is 5.73 Å². The van der Waals surface area contributed by atoms with Gasteiger partial charge in [-0.2, -0.15) is 5.26 Å². The molecule has 0 fully saturated rings. The molecule has 14 heavy (non-hydrogen) atoms. The van der Waals surface area contributed by atoms with Crippen LogP contribution in [0.25, 0.3) is 0 Å². The van der Waals surface area contributed by atoms with E-state index in [1.165, 1.54) is 0 Å². The highest BCUT2D eigenvalue weighted by molar-refractivity contribution is 5.85. The zero-order chi connectivity index (χ0) is 11.0. The first-order valence-electron chi connectivity index (χ1n) is 4.98. The van der Waals surface area contributed by atoms with Gasteiger partial charge in [-0.05, 0) is 26.2 Å². The summed E-state index contributed by atoms with van der Waals surface area (Å²) in [7, 11) is 0. The fourth-order valence-corrected chi connectivity index (χ4v) is 0.893. The van der Waals surface area contributed by atoms with E-state index < -0.39 is 5.54 Å². The van der Waals surface area contributed by atoms with Crippen molar-refractivity contribution in [3.63, 3.8) is 0 Å². The van der Waals surface area contributed by atoms with Gasteiger partial charge in [-0.1, -0.05) is 6.92 Å². The first-order chi connectivity index (χ1) is 6.54. The van der Waals surface area contributed by atoms with Crippen molar-refractivity contribution in [2.45, 2.75) is 45.1 Å². The largest absolute Gasteiger partial charge is 0.355 e. The lowest BCUT2D eigenvalue weighted by Crippen LogP contribution is -2.51. The molecule has 0 spiro atoms. The molecule has 0 aliphatic heterocycles. The topological polar surface area (TPSA) is 78.9 Å². The number of rotatable bonds is 6. The Balaban J connectivity index is 3.60. The smallest absolute Gasteiger partial charge is 0.239 e. The molecule has 4 nitrogen and oxygen atoms in total. The van der Waals surface area contributed by atoms with Gasteiger partial charge in [0.15, 0.2) is 0 Å². The van der Waals surface area contributed by atoms with Crippen molar-refractivity contribution >= 4 is 5.91 Å². The van der Waals surface area contributed by atoms with Gasteiger partial charge in [-0.25, -0.2) is 0 Å². The minimum atomic E-state index is -0.769. The summed E-state index contributed by atoms with van der Waals surface area (Å²) < 4.78 is 0. The Morgan fingerprint density at radius 1 is 1.57 bits per heavy atom. The second kappa shape index (κ2) is 6.39. The molecule has 0 saturated carbocycles. The molecule has 0 aromatic carbocycles. The van der Waals surface area contributed by atoms with Gasteiger partial charge in [0.05, 0.1) is 11.6 Å². The minimum Gasteiger partial charge on any atom is -0.355 e. The maximum absolute atomic E-state index is 11.4. The van der Waals surface area contributed by atoms with Crippen LogP contribution in [0, 0.1) is 11.3 Å². The zero-order valence-electron chi connectivity index (χ0n) is 8.97. The van der Waals surface area contributed by atoms with Crippen molar-refractivity contribution in [1.29, 1.82) is 5.26 Å². The van der Waals surface area contributed by atoms with Crippen LogP contribution in [0.3, 0.4) is 0 Å². The number of hydrogen-bond acceptors (Lipinski definition) is 3. The third kappa shape index (κ3) is 4.83. The molecular weight excluding hydrogens is 178 g/mol. The molecule has 1 amide bonds. The third-order valence-electron chi connectivity index (χ3n) is 2.25. The van der Waals surface area contributed by atoms with E-state index in [1.54, 1.807) is 6.92 Å². The van der Waals surface area contributed by atoms with Gasteiger partial charge in [0.25, 0.3) is 0 Å². The number of nitriles is 1. The summed E-state index contributed by atoms with van der Waals surface area (Å²) in [5, 5.41) is 11.0. The number of unbranched alkanes of at least 4 members (excludes halogenated alkanes) is 2. The number of nitrogens with one attached hydrogen (secondary N) is 1. The van der Waals surface area contributed by atoms with Crippen LogP contribution in [0.5, 0.6) is 0 Å². The van der Waals surface area contributed by atoms with Gasteiger partial charge in [0.2, 0.25) is 5.91 Å². The predicted octanol–water partition coefficient (Wildman–Crippen LogP) is 0.924. The van der Waals surface area contributed by atoms with Gasteiger partial charge in [-0.3, -0.25) is 4.79 Å². The molecule has 0 aliphatic carbocycles. The van der Waals surface area contributed by atoms with E-state index in [1.807, 2.05) is 6.92 Å². The Hall–Kier alpha value is -1.08. The van der Waals surface area contributed by atoms with Crippen LogP contribution in [-0.2, 0) is 4.79 Å². The molecule has 0 aromatic rings. The molecule has 0 saturated heterocycles. The van der Waals surface area contributed by atoms with E-state index in [0.29, 0.717) is 19.4 Å². The number of hydrogen-bond donors (Lipinski definition) is 2. The molecule has 0 bridgehead atoms. The first kappa shape index (κ1) is 12.9. The monoisotopic (exact) mass is 197 g/mol. The summed E-state index contributed by atoms with van der Waals surface area (Å²) in [4.78, 5) is 11.4. The van der Waals surface area contributed by atoms with E-state index in [0.717, 1.165) is 12.8 Å². The van der Waals surface area contributed by atoms with Crippen LogP contribution >= 0.6 is 0 Å². The average molecular weight is 197 g/mol. The molecule has 4 heteroatoms. The number of carbonyl (C=O) groups excluding carboxylic acids is 1. The molecule has 80 valence electrons. The van der Waals surface area contributed by atoms with Crippen molar-refractivity contribution in [3.8, 4) is 6.07 Å². The van der Waals surface area contributed by atoms with E-state index >= 15 is 0 Å². The molecule has 0 heterocycles. The number of amides is 1. The average Bonchev–Trinajstić information content (AvgIpc) is 2.17. The number of nitrogens with zero attached hydrogens (tertiary/aromatic N) is 1. The number of carbonyl (C=O) groups is 1. The van der Waals surface area contributed by atoms with Crippen LogP contribution in [0.15, 0.2) is 0 Å². The normalized spacial score (nSPS) is 14.1. The fraction of sp³-hybridized carbons (Fsp3) is 0.800. The molecule has 3 N–H and O–H groups in total. The van der Waals surface area contributed by atoms with Crippen LogP contribution in [0.4, 0.5) is 0 Å². The van der Waals surface area contributed by atoms with Crippen LogP contribution in [-0.4, -0.2) is 18.0 Å². The van der Waals surface area contributed by atoms with Gasteiger partial charge >= 0.3 is 0 Å². The summed E-state index contributed by atoms with van der Waals surface area (Å²) in [6.45, 7) is 4.21. The second-order valence-electron chi connectivity index (χ2n) is 3.64. The molecule has 1 atom stereocenters. The summed E-state index contributed by atoms with van der Waals surface area (Å²) in [6, 6.07) is 2.06. The quantitative estimate of drug-likeness (QED) is 0.621. The van der Waals surface area contributed by atoms with Crippen molar-refractivity contribution in [2.75, 3.05) is 6.54 Å². The standard InChI is InChI=1S/C10H19N3O/c1-3-10(2,12)9(14)13-8-6-4-5-7-11/h3-6,8,12H2,1-2H3,(H,13,14). The van der Waals surface area contributed by atoms with Crippen molar-refractivity contribution in [1.82, 2.24) is 5.32 Å². The van der Waals surface area contributed by atoms with Crippen molar-refractivity contribution < 1.29 is 4.79 Å². The number of nitrogens with two attached hydrogens (primary N) is 1. The Morgan fingerprint density at radius 3 is 2.71 bits per heavy atom. The lowest BCUT2D eigenvalue weighted by molar-refractivity contribution is -0.125. The lowest BCUT2D eigenvalue weighted by atomic mass is 9.99. The highest BCUT2D eigenvalue weighted by Gasteiger charge is 2.24. The summed E-state index contributed by atoms with van der Waals surface area (Å²) in [5.41, 5.74) is 4.97. The first-order valence-corrected chi connectivity index (χ1v) is 4.98. The van der Waals surface area contributed by atoms with E-state index in [9.17, 15) is 4.79 Å². The predicted molar refractivity (Wildman–Crippen MR) is 55.4 cm³/mol. The van der Waals surface area contributed by atoms with E-state index in [4.69, 9.17) is 11.0 Å². The molecule has 0 aromatic heterocycles. The zero-order valence-corrected chi connectivity index (χ0v) is 8.97. The highest BCUT2D eigenvalue weighted by Crippen LogP contribution is 2.04. The Morgan fingerprint density at radius 2 is 2.21 bits per heavy atom. The summed E-state index contributed by atoms with van der Waals surface area (Å²) >= 11 is 0.